The Morgan fingerprint density at radius 3 is 2.77 bits per heavy atom. The van der Waals surface area contributed by atoms with Gasteiger partial charge in [-0.3, -0.25) is 0 Å². The van der Waals surface area contributed by atoms with Gasteiger partial charge in [0.25, 0.3) is 0 Å². The molecule has 1 aliphatic rings. The molecule has 4 aromatic rings. The van der Waals surface area contributed by atoms with Crippen LogP contribution in [0.1, 0.15) is 10.8 Å². The first-order valence-electron chi connectivity index (χ1n) is 9.89. The molecule has 2 aromatic heterocycles. The highest BCUT2D eigenvalue weighted by atomic mass is 79.9. The van der Waals surface area contributed by atoms with E-state index in [2.05, 4.69) is 36.2 Å². The molecule has 8 heteroatoms. The van der Waals surface area contributed by atoms with Crippen LogP contribution in [-0.4, -0.2) is 33.8 Å². The van der Waals surface area contributed by atoms with E-state index in [-0.39, 0.29) is 11.1 Å². The summed E-state index contributed by atoms with van der Waals surface area (Å²) >= 11 is 5.31. The molecule has 0 amide bonds. The van der Waals surface area contributed by atoms with Gasteiger partial charge < -0.3 is 11.1 Å². The Balaban J connectivity index is 1.65. The predicted molar refractivity (Wildman–Crippen MR) is 128 cm³/mol. The van der Waals surface area contributed by atoms with Gasteiger partial charge in [-0.2, -0.15) is 11.8 Å². The zero-order chi connectivity index (χ0) is 21.4. The quantitative estimate of drug-likeness (QED) is 0.405. The number of pyridine rings is 1. The average Bonchev–Trinajstić information content (AvgIpc) is 2.79. The predicted octanol–water partition coefficient (Wildman–Crippen LogP) is 5.22. The Labute approximate surface area is 191 Å². The van der Waals surface area contributed by atoms with Crippen molar-refractivity contribution in [2.75, 3.05) is 24.6 Å². The molecule has 3 N–H and O–H groups in total. The Hall–Kier alpha value is -2.55. The molecule has 1 atom stereocenters. The largest absolute Gasteiger partial charge is 0.383 e. The number of thioether (sulfide) groups is 1. The molecular weight excluding hydrogens is 477 g/mol. The molecule has 0 bridgehead atoms. The average molecular weight is 496 g/mol. The second-order valence-corrected chi connectivity index (χ2v) is 9.55. The van der Waals surface area contributed by atoms with Crippen LogP contribution in [0.5, 0.6) is 0 Å². The summed E-state index contributed by atoms with van der Waals surface area (Å²) in [6, 6.07) is 15.2. The van der Waals surface area contributed by atoms with Gasteiger partial charge in [0.1, 0.15) is 18.0 Å². The molecule has 0 spiro atoms. The Kier molecular flexibility index (Phi) is 5.60. The highest BCUT2D eigenvalue weighted by Gasteiger charge is 2.20. The maximum atomic E-state index is 15.1. The van der Waals surface area contributed by atoms with Crippen molar-refractivity contribution < 1.29 is 4.39 Å². The van der Waals surface area contributed by atoms with Crippen molar-refractivity contribution in [2.45, 2.75) is 5.25 Å². The molecule has 0 radical (unpaired) electrons. The fraction of sp³-hybridized carbons (Fsp3) is 0.174. The van der Waals surface area contributed by atoms with Gasteiger partial charge in [0, 0.05) is 39.7 Å². The van der Waals surface area contributed by atoms with E-state index >= 15 is 4.39 Å². The van der Waals surface area contributed by atoms with Gasteiger partial charge in [0.2, 0.25) is 0 Å². The SMILES string of the molecule is Nc1ncnc2nc(-c3ccc(C4CNCCS4)c(F)c3)cc(-c3cccc(Br)c3)c12. The van der Waals surface area contributed by atoms with Crippen LogP contribution in [0.2, 0.25) is 0 Å². The summed E-state index contributed by atoms with van der Waals surface area (Å²) < 4.78 is 16.0. The number of fused-ring (bicyclic) bond motifs is 1. The van der Waals surface area contributed by atoms with Crippen molar-refractivity contribution in [2.24, 2.45) is 0 Å². The Morgan fingerprint density at radius 1 is 1.10 bits per heavy atom. The first-order valence-corrected chi connectivity index (χ1v) is 11.7. The fourth-order valence-electron chi connectivity index (χ4n) is 3.83. The van der Waals surface area contributed by atoms with Gasteiger partial charge in [-0.1, -0.05) is 40.2 Å². The maximum Gasteiger partial charge on any atom is 0.165 e. The number of benzene rings is 2. The van der Waals surface area contributed by atoms with Crippen molar-refractivity contribution >= 4 is 44.5 Å². The smallest absolute Gasteiger partial charge is 0.165 e. The number of nitrogens with two attached hydrogens (primary N) is 1. The van der Waals surface area contributed by atoms with Crippen LogP contribution in [0.4, 0.5) is 10.2 Å². The van der Waals surface area contributed by atoms with E-state index < -0.39 is 0 Å². The normalized spacial score (nSPS) is 16.5. The maximum absolute atomic E-state index is 15.1. The topological polar surface area (TPSA) is 76.7 Å². The summed E-state index contributed by atoms with van der Waals surface area (Å²) in [5.41, 5.74) is 10.5. The molecule has 2 aromatic carbocycles. The minimum atomic E-state index is -0.216. The fourth-order valence-corrected chi connectivity index (χ4v) is 5.38. The van der Waals surface area contributed by atoms with E-state index in [1.165, 1.54) is 6.33 Å². The molecule has 31 heavy (non-hydrogen) atoms. The van der Waals surface area contributed by atoms with E-state index in [0.29, 0.717) is 28.1 Å². The second-order valence-electron chi connectivity index (χ2n) is 7.32. The van der Waals surface area contributed by atoms with Gasteiger partial charge in [-0.15, -0.1) is 0 Å². The minimum absolute atomic E-state index is 0.122. The third-order valence-electron chi connectivity index (χ3n) is 5.34. The Morgan fingerprint density at radius 2 is 2.00 bits per heavy atom. The summed E-state index contributed by atoms with van der Waals surface area (Å²) in [6.07, 6.45) is 1.40. The molecule has 0 saturated carbocycles. The van der Waals surface area contributed by atoms with Crippen LogP contribution in [-0.2, 0) is 0 Å². The lowest BCUT2D eigenvalue weighted by molar-refractivity contribution is 0.594. The number of rotatable bonds is 3. The molecular formula is C23H19BrFN5S. The summed E-state index contributed by atoms with van der Waals surface area (Å²) in [7, 11) is 0. The molecule has 5 rings (SSSR count). The molecule has 1 aliphatic heterocycles. The van der Waals surface area contributed by atoms with Gasteiger partial charge in [-0.05, 0) is 35.4 Å². The van der Waals surface area contributed by atoms with Crippen LogP contribution in [0.3, 0.4) is 0 Å². The number of anilines is 1. The van der Waals surface area contributed by atoms with Crippen molar-refractivity contribution in [1.82, 2.24) is 20.3 Å². The third-order valence-corrected chi connectivity index (χ3v) is 7.10. The monoisotopic (exact) mass is 495 g/mol. The summed E-state index contributed by atoms with van der Waals surface area (Å²) in [5.74, 6) is 1.13. The number of halogens is 2. The van der Waals surface area contributed by atoms with E-state index in [4.69, 9.17) is 5.73 Å². The molecule has 1 fully saturated rings. The van der Waals surface area contributed by atoms with Gasteiger partial charge in [0.05, 0.1) is 11.1 Å². The standard InChI is InChI=1S/C23H19BrFN5S/c24-15-3-1-2-13(8-15)17-10-19(30-23-21(17)22(26)28-12-29-23)14-4-5-16(18(25)9-14)20-11-27-6-7-31-20/h1-5,8-10,12,20,27H,6-7,11H2,(H2,26,28,29,30). The highest BCUT2D eigenvalue weighted by molar-refractivity contribution is 9.10. The van der Waals surface area contributed by atoms with Crippen molar-refractivity contribution in [3.05, 3.63) is 70.7 Å². The van der Waals surface area contributed by atoms with Crippen LogP contribution < -0.4 is 11.1 Å². The van der Waals surface area contributed by atoms with Crippen molar-refractivity contribution in [3.8, 4) is 22.4 Å². The van der Waals surface area contributed by atoms with Crippen LogP contribution in [0, 0.1) is 5.82 Å². The molecule has 1 saturated heterocycles. The summed E-state index contributed by atoms with van der Waals surface area (Å²) in [4.78, 5) is 13.1. The molecule has 1 unspecified atom stereocenters. The molecule has 3 heterocycles. The van der Waals surface area contributed by atoms with E-state index in [1.54, 1.807) is 17.8 Å². The zero-order valence-corrected chi connectivity index (χ0v) is 18.9. The van der Waals surface area contributed by atoms with Gasteiger partial charge >= 0.3 is 0 Å². The zero-order valence-electron chi connectivity index (χ0n) is 16.5. The molecule has 156 valence electrons. The number of aromatic nitrogens is 3. The first kappa shape index (κ1) is 20.4. The Bertz CT molecular complexity index is 1280. The van der Waals surface area contributed by atoms with E-state index in [9.17, 15) is 0 Å². The summed E-state index contributed by atoms with van der Waals surface area (Å²) in [6.45, 7) is 1.74. The molecule has 0 aliphatic carbocycles. The lowest BCUT2D eigenvalue weighted by Gasteiger charge is -2.23. The van der Waals surface area contributed by atoms with Gasteiger partial charge in [-0.25, -0.2) is 19.3 Å². The van der Waals surface area contributed by atoms with Gasteiger partial charge in [0.15, 0.2) is 5.65 Å². The second kappa shape index (κ2) is 8.53. The number of nitrogens with zero attached hydrogens (tertiary/aromatic N) is 3. The number of hydrogen-bond acceptors (Lipinski definition) is 6. The third kappa shape index (κ3) is 4.03. The van der Waals surface area contributed by atoms with Crippen molar-refractivity contribution in [1.29, 1.82) is 0 Å². The molecule has 5 nitrogen and oxygen atoms in total. The number of hydrogen-bond donors (Lipinski definition) is 2. The lowest BCUT2D eigenvalue weighted by Crippen LogP contribution is -2.28. The minimum Gasteiger partial charge on any atom is -0.383 e. The number of nitrogens with one attached hydrogen (secondary N) is 1. The van der Waals surface area contributed by atoms with E-state index in [0.717, 1.165) is 40.0 Å². The van der Waals surface area contributed by atoms with Crippen molar-refractivity contribution in [3.63, 3.8) is 0 Å². The summed E-state index contributed by atoms with van der Waals surface area (Å²) in [5, 5.41) is 4.14. The number of nitrogen functional groups attached to an aromatic ring is 1. The van der Waals surface area contributed by atoms with E-state index in [1.807, 2.05) is 42.5 Å². The highest BCUT2D eigenvalue weighted by Crippen LogP contribution is 2.37. The van der Waals surface area contributed by atoms with Crippen LogP contribution >= 0.6 is 27.7 Å². The van der Waals surface area contributed by atoms with Crippen LogP contribution in [0.15, 0.2) is 59.3 Å². The van der Waals surface area contributed by atoms with Crippen LogP contribution in [0.25, 0.3) is 33.4 Å². The first-order chi connectivity index (χ1) is 15.1. The lowest BCUT2D eigenvalue weighted by atomic mass is 9.99.